The van der Waals surface area contributed by atoms with Crippen LogP contribution in [0.3, 0.4) is 0 Å². The van der Waals surface area contributed by atoms with Gasteiger partial charge < -0.3 is 15.2 Å². The Morgan fingerprint density at radius 2 is 2.04 bits per heavy atom. The van der Waals surface area contributed by atoms with E-state index in [1.807, 2.05) is 0 Å². The SMILES string of the molecule is COc1cc(C=C(C#N)C(=O)Nc2ccc(Br)cc2)cc([N+](=O)[O-])c1O. The Bertz CT molecular complexity index is 933. The van der Waals surface area contributed by atoms with Crippen molar-refractivity contribution in [2.24, 2.45) is 0 Å². The van der Waals surface area contributed by atoms with Gasteiger partial charge in [0.05, 0.1) is 12.0 Å². The zero-order chi connectivity index (χ0) is 19.3. The van der Waals surface area contributed by atoms with Crippen LogP contribution in [0.2, 0.25) is 0 Å². The number of nitro benzene ring substituents is 1. The topological polar surface area (TPSA) is 125 Å². The Balaban J connectivity index is 2.37. The Morgan fingerprint density at radius 3 is 2.58 bits per heavy atom. The van der Waals surface area contributed by atoms with Crippen molar-refractivity contribution in [2.45, 2.75) is 0 Å². The first-order chi connectivity index (χ1) is 12.3. The van der Waals surface area contributed by atoms with Gasteiger partial charge in [-0.25, -0.2) is 0 Å². The maximum absolute atomic E-state index is 12.2. The molecule has 1 amide bonds. The number of nitriles is 1. The molecule has 0 heterocycles. The lowest BCUT2D eigenvalue weighted by molar-refractivity contribution is -0.386. The van der Waals surface area contributed by atoms with Crippen molar-refractivity contribution in [3.63, 3.8) is 0 Å². The highest BCUT2D eigenvalue weighted by molar-refractivity contribution is 9.10. The zero-order valence-electron chi connectivity index (χ0n) is 13.4. The largest absolute Gasteiger partial charge is 0.500 e. The van der Waals surface area contributed by atoms with Crippen LogP contribution in [0.15, 0.2) is 46.4 Å². The van der Waals surface area contributed by atoms with Gasteiger partial charge in [-0.1, -0.05) is 15.9 Å². The fraction of sp³-hybridized carbons (Fsp3) is 0.0588. The van der Waals surface area contributed by atoms with Gasteiger partial charge in [0.2, 0.25) is 5.75 Å². The van der Waals surface area contributed by atoms with E-state index in [0.717, 1.165) is 10.5 Å². The van der Waals surface area contributed by atoms with Crippen LogP contribution in [-0.2, 0) is 4.79 Å². The van der Waals surface area contributed by atoms with E-state index in [9.17, 15) is 25.3 Å². The third kappa shape index (κ3) is 4.37. The molecule has 0 aliphatic heterocycles. The van der Waals surface area contributed by atoms with Crippen LogP contribution in [-0.4, -0.2) is 23.0 Å². The maximum atomic E-state index is 12.2. The minimum atomic E-state index is -0.789. The lowest BCUT2D eigenvalue weighted by Crippen LogP contribution is -2.13. The molecule has 2 rings (SSSR count). The van der Waals surface area contributed by atoms with E-state index in [1.165, 1.54) is 19.3 Å². The lowest BCUT2D eigenvalue weighted by atomic mass is 10.1. The summed E-state index contributed by atoms with van der Waals surface area (Å²) in [6.45, 7) is 0. The molecule has 0 aliphatic rings. The average Bonchev–Trinajstić information content (AvgIpc) is 2.62. The Hall–Kier alpha value is -3.38. The molecule has 0 unspecified atom stereocenters. The second kappa shape index (κ2) is 8.13. The summed E-state index contributed by atoms with van der Waals surface area (Å²) in [6, 6.07) is 10.8. The zero-order valence-corrected chi connectivity index (χ0v) is 15.0. The molecular formula is C17H12BrN3O5. The normalized spacial score (nSPS) is 10.7. The number of nitrogens with zero attached hydrogens (tertiary/aromatic N) is 2. The smallest absolute Gasteiger partial charge is 0.315 e. The van der Waals surface area contributed by atoms with Gasteiger partial charge in [-0.05, 0) is 42.0 Å². The standard InChI is InChI=1S/C17H12BrN3O5/c1-26-15-8-10(7-14(16(15)22)21(24)25)6-11(9-19)17(23)20-13-4-2-12(18)3-5-13/h2-8,22H,1H3,(H,20,23). The van der Waals surface area contributed by atoms with Crippen molar-refractivity contribution in [3.05, 3.63) is 62.1 Å². The van der Waals surface area contributed by atoms with Gasteiger partial charge in [-0.3, -0.25) is 14.9 Å². The molecule has 0 radical (unpaired) electrons. The number of phenols is 1. The molecule has 0 aliphatic carbocycles. The van der Waals surface area contributed by atoms with Gasteiger partial charge in [0.15, 0.2) is 5.75 Å². The molecule has 2 aromatic carbocycles. The fourth-order valence-electron chi connectivity index (χ4n) is 2.04. The molecule has 0 aromatic heterocycles. The van der Waals surface area contributed by atoms with Crippen molar-refractivity contribution < 1.29 is 19.6 Å². The number of rotatable bonds is 5. The summed E-state index contributed by atoms with van der Waals surface area (Å²) in [4.78, 5) is 22.5. The number of halogens is 1. The first-order valence-electron chi connectivity index (χ1n) is 7.09. The van der Waals surface area contributed by atoms with E-state index in [1.54, 1.807) is 30.3 Å². The van der Waals surface area contributed by atoms with E-state index in [0.29, 0.717) is 5.69 Å². The van der Waals surface area contributed by atoms with Crippen molar-refractivity contribution in [3.8, 4) is 17.6 Å². The number of phenolic OH excluding ortho intramolecular Hbond substituents is 1. The summed E-state index contributed by atoms with van der Waals surface area (Å²) in [5, 5.41) is 32.6. The van der Waals surface area contributed by atoms with Gasteiger partial charge in [-0.15, -0.1) is 0 Å². The highest BCUT2D eigenvalue weighted by atomic mass is 79.9. The number of benzene rings is 2. The van der Waals surface area contributed by atoms with Crippen LogP contribution < -0.4 is 10.1 Å². The van der Waals surface area contributed by atoms with E-state index in [4.69, 9.17) is 4.74 Å². The Labute approximate surface area is 156 Å². The van der Waals surface area contributed by atoms with Crippen molar-refractivity contribution in [1.82, 2.24) is 0 Å². The summed E-state index contributed by atoms with van der Waals surface area (Å²) in [6.07, 6.45) is 1.17. The predicted octanol–water partition coefficient (Wildman–Crippen LogP) is 3.62. The number of carbonyl (C=O) groups is 1. The third-order valence-electron chi connectivity index (χ3n) is 3.27. The van der Waals surface area contributed by atoms with E-state index >= 15 is 0 Å². The van der Waals surface area contributed by atoms with Crippen LogP contribution in [0.4, 0.5) is 11.4 Å². The molecule has 0 saturated heterocycles. The molecule has 132 valence electrons. The number of methoxy groups -OCH3 is 1. The molecule has 0 spiro atoms. The summed E-state index contributed by atoms with van der Waals surface area (Å²) < 4.78 is 5.72. The summed E-state index contributed by atoms with van der Waals surface area (Å²) in [7, 11) is 1.23. The van der Waals surface area contributed by atoms with Crippen LogP contribution in [0.5, 0.6) is 11.5 Å². The van der Waals surface area contributed by atoms with Gasteiger partial charge in [0.25, 0.3) is 5.91 Å². The number of anilines is 1. The lowest BCUT2D eigenvalue weighted by Gasteiger charge is -2.07. The summed E-state index contributed by atoms with van der Waals surface area (Å²) in [5.41, 5.74) is -0.223. The van der Waals surface area contributed by atoms with Crippen LogP contribution in [0.25, 0.3) is 6.08 Å². The quantitative estimate of drug-likeness (QED) is 0.331. The maximum Gasteiger partial charge on any atom is 0.315 e. The number of carbonyl (C=O) groups excluding carboxylic acids is 1. The summed E-state index contributed by atoms with van der Waals surface area (Å²) >= 11 is 3.27. The predicted molar refractivity (Wildman–Crippen MR) is 97.7 cm³/mol. The number of nitrogens with one attached hydrogen (secondary N) is 1. The van der Waals surface area contributed by atoms with Gasteiger partial charge in [0.1, 0.15) is 11.6 Å². The van der Waals surface area contributed by atoms with Crippen molar-refractivity contribution in [1.29, 1.82) is 5.26 Å². The number of aromatic hydroxyl groups is 1. The first-order valence-corrected chi connectivity index (χ1v) is 7.89. The molecule has 2 aromatic rings. The molecule has 0 saturated carbocycles. The minimum absolute atomic E-state index is 0.143. The van der Waals surface area contributed by atoms with E-state index in [-0.39, 0.29) is 16.9 Å². The van der Waals surface area contributed by atoms with E-state index < -0.39 is 22.3 Å². The van der Waals surface area contributed by atoms with Crippen molar-refractivity contribution >= 4 is 39.3 Å². The molecule has 8 nitrogen and oxygen atoms in total. The summed E-state index contributed by atoms with van der Waals surface area (Å²) in [5.74, 6) is -1.45. The molecule has 26 heavy (non-hydrogen) atoms. The molecule has 0 bridgehead atoms. The monoisotopic (exact) mass is 417 g/mol. The number of ether oxygens (including phenoxy) is 1. The molecule has 2 N–H and O–H groups in total. The molecule has 9 heteroatoms. The highest BCUT2D eigenvalue weighted by Gasteiger charge is 2.20. The van der Waals surface area contributed by atoms with Crippen LogP contribution >= 0.6 is 15.9 Å². The number of hydrogen-bond donors (Lipinski definition) is 2. The fourth-order valence-corrected chi connectivity index (χ4v) is 2.30. The molecule has 0 atom stereocenters. The van der Waals surface area contributed by atoms with Gasteiger partial charge in [-0.2, -0.15) is 5.26 Å². The minimum Gasteiger partial charge on any atom is -0.500 e. The van der Waals surface area contributed by atoms with Crippen molar-refractivity contribution in [2.75, 3.05) is 12.4 Å². The second-order valence-corrected chi connectivity index (χ2v) is 5.89. The van der Waals surface area contributed by atoms with E-state index in [2.05, 4.69) is 21.2 Å². The molecule has 0 fully saturated rings. The Kier molecular flexibility index (Phi) is 5.93. The average molecular weight is 418 g/mol. The van der Waals surface area contributed by atoms with Gasteiger partial charge >= 0.3 is 5.69 Å². The van der Waals surface area contributed by atoms with Crippen LogP contribution in [0.1, 0.15) is 5.56 Å². The number of hydrogen-bond acceptors (Lipinski definition) is 6. The molecular weight excluding hydrogens is 406 g/mol. The Morgan fingerprint density at radius 1 is 1.38 bits per heavy atom. The highest BCUT2D eigenvalue weighted by Crippen LogP contribution is 2.37. The first kappa shape index (κ1) is 19.0. The number of nitro groups is 1. The van der Waals surface area contributed by atoms with Crippen LogP contribution in [0, 0.1) is 21.4 Å². The number of amides is 1. The van der Waals surface area contributed by atoms with Gasteiger partial charge in [0, 0.05) is 16.2 Å². The second-order valence-electron chi connectivity index (χ2n) is 4.98. The third-order valence-corrected chi connectivity index (χ3v) is 3.80.